The van der Waals surface area contributed by atoms with Crippen LogP contribution in [0.3, 0.4) is 0 Å². The lowest BCUT2D eigenvalue weighted by Gasteiger charge is -2.34. The molecule has 7 nitrogen and oxygen atoms in total. The van der Waals surface area contributed by atoms with Crippen molar-refractivity contribution in [1.82, 2.24) is 19.4 Å². The van der Waals surface area contributed by atoms with E-state index in [4.69, 9.17) is 4.98 Å². The van der Waals surface area contributed by atoms with E-state index in [0.717, 1.165) is 55.7 Å². The molecule has 174 valence electrons. The van der Waals surface area contributed by atoms with Gasteiger partial charge in [-0.2, -0.15) is 4.98 Å². The zero-order valence-corrected chi connectivity index (χ0v) is 19.9. The molecule has 7 heteroatoms. The quantitative estimate of drug-likeness (QED) is 0.645. The Kier molecular flexibility index (Phi) is 6.06. The third-order valence-corrected chi connectivity index (χ3v) is 7.41. The van der Waals surface area contributed by atoms with E-state index in [-0.39, 0.29) is 11.6 Å². The molecule has 2 aliphatic rings. The van der Waals surface area contributed by atoms with Crippen LogP contribution in [-0.2, 0) is 0 Å². The molecule has 3 heterocycles. The summed E-state index contributed by atoms with van der Waals surface area (Å²) >= 11 is 0. The number of nitrogens with zero attached hydrogens (tertiary/aromatic N) is 5. The molecule has 5 rings (SSSR count). The molecule has 0 bridgehead atoms. The average Bonchev–Trinajstić information content (AvgIpc) is 2.82. The lowest BCUT2D eigenvalue weighted by Crippen LogP contribution is -2.44. The average molecular weight is 447 g/mol. The molecule has 1 aliphatic heterocycles. The van der Waals surface area contributed by atoms with Crippen LogP contribution in [0.4, 0.5) is 17.3 Å². The maximum absolute atomic E-state index is 12.9. The van der Waals surface area contributed by atoms with Crippen LogP contribution in [0.5, 0.6) is 0 Å². The lowest BCUT2D eigenvalue weighted by molar-refractivity contribution is 0.207. The third-order valence-electron chi connectivity index (χ3n) is 7.41. The van der Waals surface area contributed by atoms with Gasteiger partial charge in [0.15, 0.2) is 0 Å². The van der Waals surface area contributed by atoms with Gasteiger partial charge < -0.3 is 15.1 Å². The second-order valence-corrected chi connectivity index (χ2v) is 9.94. The zero-order chi connectivity index (χ0) is 22.9. The minimum absolute atomic E-state index is 0.0228. The van der Waals surface area contributed by atoms with Gasteiger partial charge in [-0.1, -0.05) is 20.3 Å². The van der Waals surface area contributed by atoms with E-state index in [1.807, 2.05) is 16.8 Å². The van der Waals surface area contributed by atoms with E-state index in [1.165, 1.54) is 12.1 Å². The van der Waals surface area contributed by atoms with Gasteiger partial charge in [-0.3, -0.25) is 9.36 Å². The van der Waals surface area contributed by atoms with E-state index < -0.39 is 0 Å². The summed E-state index contributed by atoms with van der Waals surface area (Å²) in [6.07, 6.45) is 5.20. The van der Waals surface area contributed by atoms with Crippen LogP contribution in [0.15, 0.2) is 47.4 Å². The Hall–Kier alpha value is -2.93. The fraction of sp³-hybridized carbons (Fsp3) is 0.500. The number of hydrogen-bond donors (Lipinski definition) is 1. The summed E-state index contributed by atoms with van der Waals surface area (Å²) in [5.41, 5.74) is 2.92. The fourth-order valence-electron chi connectivity index (χ4n) is 5.23. The highest BCUT2D eigenvalue weighted by molar-refractivity contribution is 5.76. The van der Waals surface area contributed by atoms with Gasteiger partial charge >= 0.3 is 0 Å². The first-order chi connectivity index (χ1) is 16.0. The topological polar surface area (TPSA) is 66.3 Å². The third kappa shape index (κ3) is 4.60. The molecule has 1 saturated carbocycles. The number of aromatic nitrogens is 3. The summed E-state index contributed by atoms with van der Waals surface area (Å²) in [5, 5.41) is 4.24. The van der Waals surface area contributed by atoms with Crippen molar-refractivity contribution in [2.45, 2.75) is 39.2 Å². The normalized spacial score (nSPS) is 24.2. The SMILES string of the molecule is CC1CCC(C)C(n2c(=O)ccc3cnc(Nc4ccc(N5CCN(C)CC5)cc4)nc32)C1. The first kappa shape index (κ1) is 21.9. The number of hydrogen-bond acceptors (Lipinski definition) is 6. The van der Waals surface area contributed by atoms with Crippen molar-refractivity contribution < 1.29 is 0 Å². The van der Waals surface area contributed by atoms with E-state index in [2.05, 4.69) is 65.3 Å². The largest absolute Gasteiger partial charge is 0.369 e. The van der Waals surface area contributed by atoms with Crippen molar-refractivity contribution >= 4 is 28.4 Å². The van der Waals surface area contributed by atoms with Crippen molar-refractivity contribution in [2.24, 2.45) is 11.8 Å². The number of anilines is 3. The number of pyridine rings is 1. The smallest absolute Gasteiger partial charge is 0.252 e. The molecule has 3 atom stereocenters. The Labute approximate surface area is 195 Å². The van der Waals surface area contributed by atoms with Crippen LogP contribution in [-0.4, -0.2) is 52.7 Å². The summed E-state index contributed by atoms with van der Waals surface area (Å²) in [7, 11) is 2.17. The maximum atomic E-state index is 12.9. The molecule has 2 aromatic heterocycles. The molecule has 3 unspecified atom stereocenters. The number of nitrogens with one attached hydrogen (secondary N) is 1. The van der Waals surface area contributed by atoms with Gasteiger partial charge in [-0.15, -0.1) is 0 Å². The molecule has 1 saturated heterocycles. The zero-order valence-electron chi connectivity index (χ0n) is 19.9. The highest BCUT2D eigenvalue weighted by Gasteiger charge is 2.29. The van der Waals surface area contributed by atoms with Crippen LogP contribution in [0.1, 0.15) is 39.2 Å². The molecular weight excluding hydrogens is 412 g/mol. The fourth-order valence-corrected chi connectivity index (χ4v) is 5.23. The van der Waals surface area contributed by atoms with Crippen molar-refractivity contribution in [3.63, 3.8) is 0 Å². The number of benzene rings is 1. The van der Waals surface area contributed by atoms with Gasteiger partial charge in [0, 0.05) is 61.2 Å². The van der Waals surface area contributed by atoms with E-state index >= 15 is 0 Å². The van der Waals surface area contributed by atoms with Crippen molar-refractivity contribution in [1.29, 1.82) is 0 Å². The molecule has 1 N–H and O–H groups in total. The molecule has 2 fully saturated rings. The van der Waals surface area contributed by atoms with Crippen LogP contribution in [0.25, 0.3) is 11.0 Å². The van der Waals surface area contributed by atoms with Gasteiger partial charge in [0.25, 0.3) is 5.56 Å². The standard InChI is InChI=1S/C26H34N6O/c1-18-4-5-19(2)23(16-18)32-24(33)11-6-20-17-27-26(29-25(20)32)28-21-7-9-22(10-8-21)31-14-12-30(3)13-15-31/h6-11,17-19,23H,4-5,12-16H2,1-3H3,(H,27,28,29). The highest BCUT2D eigenvalue weighted by atomic mass is 16.1. The molecule has 33 heavy (non-hydrogen) atoms. The van der Waals surface area contributed by atoms with Crippen LogP contribution in [0, 0.1) is 11.8 Å². The van der Waals surface area contributed by atoms with Crippen molar-refractivity contribution in [2.75, 3.05) is 43.4 Å². The Morgan fingerprint density at radius 3 is 2.48 bits per heavy atom. The Bertz CT molecular complexity index is 1170. The summed E-state index contributed by atoms with van der Waals surface area (Å²) in [6.45, 7) is 8.81. The summed E-state index contributed by atoms with van der Waals surface area (Å²) in [4.78, 5) is 27.0. The van der Waals surface area contributed by atoms with Crippen LogP contribution >= 0.6 is 0 Å². The first-order valence-corrected chi connectivity index (χ1v) is 12.2. The van der Waals surface area contributed by atoms with Crippen molar-refractivity contribution in [3.8, 4) is 0 Å². The second-order valence-electron chi connectivity index (χ2n) is 9.94. The summed E-state index contributed by atoms with van der Waals surface area (Å²) in [6, 6.07) is 12.1. The van der Waals surface area contributed by atoms with Crippen molar-refractivity contribution in [3.05, 3.63) is 52.9 Å². The summed E-state index contributed by atoms with van der Waals surface area (Å²) in [5.74, 6) is 1.59. The lowest BCUT2D eigenvalue weighted by atomic mass is 9.80. The van der Waals surface area contributed by atoms with Gasteiger partial charge in [-0.05, 0) is 62.1 Å². The van der Waals surface area contributed by atoms with Gasteiger partial charge in [0.1, 0.15) is 5.65 Å². The Balaban J connectivity index is 1.41. The monoisotopic (exact) mass is 446 g/mol. The molecule has 0 radical (unpaired) electrons. The summed E-state index contributed by atoms with van der Waals surface area (Å²) < 4.78 is 1.92. The molecular formula is C26H34N6O. The maximum Gasteiger partial charge on any atom is 0.252 e. The van der Waals surface area contributed by atoms with Crippen LogP contribution in [0.2, 0.25) is 0 Å². The number of fused-ring (bicyclic) bond motifs is 1. The van der Waals surface area contributed by atoms with E-state index in [1.54, 1.807) is 6.07 Å². The highest BCUT2D eigenvalue weighted by Crippen LogP contribution is 2.37. The second kappa shape index (κ2) is 9.14. The number of likely N-dealkylation sites (N-methyl/N-ethyl adjacent to an activating group) is 1. The van der Waals surface area contributed by atoms with Crippen LogP contribution < -0.4 is 15.8 Å². The van der Waals surface area contributed by atoms with Gasteiger partial charge in [0.05, 0.1) is 0 Å². The van der Waals surface area contributed by atoms with E-state index in [0.29, 0.717) is 17.8 Å². The number of rotatable bonds is 4. The molecule has 3 aromatic rings. The predicted molar refractivity (Wildman–Crippen MR) is 134 cm³/mol. The molecule has 1 aromatic carbocycles. The minimum Gasteiger partial charge on any atom is -0.369 e. The molecule has 0 spiro atoms. The Morgan fingerprint density at radius 2 is 1.73 bits per heavy atom. The van der Waals surface area contributed by atoms with Gasteiger partial charge in [0.2, 0.25) is 5.95 Å². The predicted octanol–water partition coefficient (Wildman–Crippen LogP) is 4.28. The molecule has 1 aliphatic carbocycles. The minimum atomic E-state index is 0.0228. The first-order valence-electron chi connectivity index (χ1n) is 12.2. The van der Waals surface area contributed by atoms with E-state index in [9.17, 15) is 4.79 Å². The van der Waals surface area contributed by atoms with Gasteiger partial charge in [-0.25, -0.2) is 4.98 Å². The Morgan fingerprint density at radius 1 is 0.970 bits per heavy atom. The number of piperazine rings is 1. The molecule has 0 amide bonds.